The van der Waals surface area contributed by atoms with Gasteiger partial charge in [0.1, 0.15) is 11.1 Å². The SMILES string of the molecule is CCC(C)(NCc1nc2ccccc2o1)C(=O)O. The topological polar surface area (TPSA) is 75.4 Å². The zero-order chi connectivity index (χ0) is 13.2. The van der Waals surface area contributed by atoms with E-state index in [2.05, 4.69) is 10.3 Å². The first kappa shape index (κ1) is 12.6. The maximum absolute atomic E-state index is 11.1. The van der Waals surface area contributed by atoms with Gasteiger partial charge in [-0.3, -0.25) is 10.1 Å². The van der Waals surface area contributed by atoms with Gasteiger partial charge < -0.3 is 9.52 Å². The molecule has 0 amide bonds. The summed E-state index contributed by atoms with van der Waals surface area (Å²) >= 11 is 0. The van der Waals surface area contributed by atoms with Crippen molar-refractivity contribution in [3.63, 3.8) is 0 Å². The highest BCUT2D eigenvalue weighted by Crippen LogP contribution is 2.16. The van der Waals surface area contributed by atoms with Crippen LogP contribution in [0, 0.1) is 0 Å². The molecule has 2 aromatic rings. The Bertz CT molecular complexity index is 531. The standard InChI is InChI=1S/C13H16N2O3/c1-3-13(2,12(16)17)14-8-11-15-9-6-4-5-7-10(9)18-11/h4-7,14H,3,8H2,1-2H3,(H,16,17). The van der Waals surface area contributed by atoms with E-state index in [9.17, 15) is 4.79 Å². The molecule has 0 fully saturated rings. The van der Waals surface area contributed by atoms with Gasteiger partial charge in [-0.25, -0.2) is 4.98 Å². The van der Waals surface area contributed by atoms with Gasteiger partial charge in [-0.05, 0) is 25.5 Å². The lowest BCUT2D eigenvalue weighted by Gasteiger charge is -2.23. The molecule has 96 valence electrons. The largest absolute Gasteiger partial charge is 0.480 e. The van der Waals surface area contributed by atoms with Crippen molar-refractivity contribution in [2.24, 2.45) is 0 Å². The maximum atomic E-state index is 11.1. The molecule has 2 rings (SSSR count). The number of nitrogens with zero attached hydrogens (tertiary/aromatic N) is 1. The Morgan fingerprint density at radius 1 is 1.50 bits per heavy atom. The normalized spacial score (nSPS) is 14.6. The van der Waals surface area contributed by atoms with E-state index in [0.717, 1.165) is 5.52 Å². The number of oxazole rings is 1. The van der Waals surface area contributed by atoms with E-state index in [1.54, 1.807) is 6.92 Å². The average molecular weight is 248 g/mol. The summed E-state index contributed by atoms with van der Waals surface area (Å²) in [5.74, 6) is -0.377. The Morgan fingerprint density at radius 3 is 2.83 bits per heavy atom. The second kappa shape index (κ2) is 4.78. The number of aromatic nitrogens is 1. The minimum atomic E-state index is -0.958. The smallest absolute Gasteiger partial charge is 0.323 e. The van der Waals surface area contributed by atoms with Crippen molar-refractivity contribution in [3.05, 3.63) is 30.2 Å². The number of nitrogens with one attached hydrogen (secondary N) is 1. The summed E-state index contributed by atoms with van der Waals surface area (Å²) in [7, 11) is 0. The van der Waals surface area contributed by atoms with Gasteiger partial charge in [0.25, 0.3) is 0 Å². The Kier molecular flexibility index (Phi) is 3.34. The predicted octanol–water partition coefficient (Wildman–Crippen LogP) is 2.17. The first-order chi connectivity index (χ1) is 8.55. The van der Waals surface area contributed by atoms with E-state index in [-0.39, 0.29) is 0 Å². The lowest BCUT2D eigenvalue weighted by molar-refractivity contribution is -0.144. The van der Waals surface area contributed by atoms with Crippen LogP contribution in [0.15, 0.2) is 28.7 Å². The zero-order valence-electron chi connectivity index (χ0n) is 10.4. The molecule has 5 nitrogen and oxygen atoms in total. The van der Waals surface area contributed by atoms with Crippen molar-refractivity contribution >= 4 is 17.1 Å². The quantitative estimate of drug-likeness (QED) is 0.848. The lowest BCUT2D eigenvalue weighted by atomic mass is 9.99. The number of fused-ring (bicyclic) bond motifs is 1. The van der Waals surface area contributed by atoms with Crippen molar-refractivity contribution in [2.75, 3.05) is 0 Å². The summed E-state index contributed by atoms with van der Waals surface area (Å²) < 4.78 is 5.52. The van der Waals surface area contributed by atoms with Crippen molar-refractivity contribution in [1.82, 2.24) is 10.3 Å². The van der Waals surface area contributed by atoms with Crippen LogP contribution >= 0.6 is 0 Å². The fourth-order valence-electron chi connectivity index (χ4n) is 1.62. The molecule has 1 unspecified atom stereocenters. The number of rotatable bonds is 5. The average Bonchev–Trinajstić information content (AvgIpc) is 2.78. The minimum absolute atomic E-state index is 0.297. The molecule has 0 saturated carbocycles. The summed E-state index contributed by atoms with van der Waals surface area (Å²) in [5.41, 5.74) is 0.534. The third-order valence-corrected chi connectivity index (χ3v) is 3.15. The number of carboxylic acid groups (broad SMARTS) is 1. The number of para-hydroxylation sites is 2. The van der Waals surface area contributed by atoms with Crippen LogP contribution in [-0.2, 0) is 11.3 Å². The number of benzene rings is 1. The molecular weight excluding hydrogens is 232 g/mol. The van der Waals surface area contributed by atoms with E-state index in [1.165, 1.54) is 0 Å². The summed E-state index contributed by atoms with van der Waals surface area (Å²) in [4.78, 5) is 15.4. The van der Waals surface area contributed by atoms with E-state index >= 15 is 0 Å². The predicted molar refractivity (Wildman–Crippen MR) is 67.2 cm³/mol. The van der Waals surface area contributed by atoms with Crippen molar-refractivity contribution in [2.45, 2.75) is 32.4 Å². The monoisotopic (exact) mass is 248 g/mol. The maximum Gasteiger partial charge on any atom is 0.323 e. The molecule has 0 aliphatic carbocycles. The Balaban J connectivity index is 2.12. The fourth-order valence-corrected chi connectivity index (χ4v) is 1.62. The molecule has 1 aromatic heterocycles. The van der Waals surface area contributed by atoms with Gasteiger partial charge in [0.15, 0.2) is 5.58 Å². The number of carbonyl (C=O) groups is 1. The van der Waals surface area contributed by atoms with Crippen LogP contribution in [0.4, 0.5) is 0 Å². The van der Waals surface area contributed by atoms with Crippen LogP contribution in [0.25, 0.3) is 11.1 Å². The molecule has 0 saturated heterocycles. The molecule has 5 heteroatoms. The second-order valence-corrected chi connectivity index (χ2v) is 4.42. The molecular formula is C13H16N2O3. The molecule has 0 radical (unpaired) electrons. The molecule has 0 bridgehead atoms. The van der Waals surface area contributed by atoms with Gasteiger partial charge in [0.2, 0.25) is 5.89 Å². The molecule has 0 spiro atoms. The van der Waals surface area contributed by atoms with Gasteiger partial charge in [0.05, 0.1) is 6.54 Å². The van der Waals surface area contributed by atoms with Gasteiger partial charge in [-0.2, -0.15) is 0 Å². The Morgan fingerprint density at radius 2 is 2.22 bits per heavy atom. The first-order valence-corrected chi connectivity index (χ1v) is 5.88. The highest BCUT2D eigenvalue weighted by molar-refractivity contribution is 5.78. The summed E-state index contributed by atoms with van der Waals surface area (Å²) in [6.45, 7) is 3.77. The molecule has 18 heavy (non-hydrogen) atoms. The van der Waals surface area contributed by atoms with Crippen molar-refractivity contribution in [3.8, 4) is 0 Å². The molecule has 1 heterocycles. The number of aliphatic carboxylic acids is 1. The molecule has 1 atom stereocenters. The molecule has 2 N–H and O–H groups in total. The van der Waals surface area contributed by atoms with E-state index in [1.807, 2.05) is 31.2 Å². The number of hydrogen-bond donors (Lipinski definition) is 2. The van der Waals surface area contributed by atoms with Crippen LogP contribution in [-0.4, -0.2) is 21.6 Å². The highest BCUT2D eigenvalue weighted by atomic mass is 16.4. The van der Waals surface area contributed by atoms with Gasteiger partial charge in [-0.15, -0.1) is 0 Å². The number of hydrogen-bond acceptors (Lipinski definition) is 4. The summed E-state index contributed by atoms with van der Waals surface area (Å²) in [5, 5.41) is 12.1. The lowest BCUT2D eigenvalue weighted by Crippen LogP contribution is -2.48. The third kappa shape index (κ3) is 2.36. The third-order valence-electron chi connectivity index (χ3n) is 3.15. The van der Waals surface area contributed by atoms with Crippen LogP contribution < -0.4 is 5.32 Å². The second-order valence-electron chi connectivity index (χ2n) is 4.42. The van der Waals surface area contributed by atoms with Crippen molar-refractivity contribution in [1.29, 1.82) is 0 Å². The van der Waals surface area contributed by atoms with E-state index in [0.29, 0.717) is 24.4 Å². The van der Waals surface area contributed by atoms with Crippen LogP contribution in [0.5, 0.6) is 0 Å². The van der Waals surface area contributed by atoms with Crippen LogP contribution in [0.1, 0.15) is 26.2 Å². The van der Waals surface area contributed by atoms with E-state index in [4.69, 9.17) is 9.52 Å². The van der Waals surface area contributed by atoms with Crippen LogP contribution in [0.3, 0.4) is 0 Å². The minimum Gasteiger partial charge on any atom is -0.480 e. The van der Waals surface area contributed by atoms with Crippen LogP contribution in [0.2, 0.25) is 0 Å². The molecule has 1 aromatic carbocycles. The van der Waals surface area contributed by atoms with Gasteiger partial charge in [-0.1, -0.05) is 19.1 Å². The Labute approximate surface area is 105 Å². The number of carboxylic acids is 1. The molecule has 0 aliphatic rings. The summed E-state index contributed by atoms with van der Waals surface area (Å²) in [6.07, 6.45) is 0.489. The Hall–Kier alpha value is -1.88. The summed E-state index contributed by atoms with van der Waals surface area (Å²) in [6, 6.07) is 7.45. The van der Waals surface area contributed by atoms with E-state index < -0.39 is 11.5 Å². The highest BCUT2D eigenvalue weighted by Gasteiger charge is 2.30. The first-order valence-electron chi connectivity index (χ1n) is 5.88. The molecule has 0 aliphatic heterocycles. The zero-order valence-corrected chi connectivity index (χ0v) is 10.4. The van der Waals surface area contributed by atoms with Gasteiger partial charge >= 0.3 is 5.97 Å². The fraction of sp³-hybridized carbons (Fsp3) is 0.385. The van der Waals surface area contributed by atoms with Crippen molar-refractivity contribution < 1.29 is 14.3 Å². The van der Waals surface area contributed by atoms with Gasteiger partial charge in [0, 0.05) is 0 Å².